The molecule has 3 nitrogen and oxygen atoms in total. The number of hydrogen-bond acceptors (Lipinski definition) is 3. The zero-order valence-corrected chi connectivity index (χ0v) is 12.0. The van der Waals surface area contributed by atoms with Gasteiger partial charge in [0.05, 0.1) is 6.61 Å². The van der Waals surface area contributed by atoms with E-state index >= 15 is 0 Å². The fourth-order valence-electron chi connectivity index (χ4n) is 2.35. The van der Waals surface area contributed by atoms with Gasteiger partial charge in [-0.15, -0.1) is 0 Å². The second kappa shape index (κ2) is 5.08. The summed E-state index contributed by atoms with van der Waals surface area (Å²) in [5.74, 6) is 0. The summed E-state index contributed by atoms with van der Waals surface area (Å²) in [5, 5.41) is 13.5. The van der Waals surface area contributed by atoms with Crippen LogP contribution in [0.25, 0.3) is 0 Å². The van der Waals surface area contributed by atoms with Crippen molar-refractivity contribution in [2.75, 3.05) is 24.6 Å². The Kier molecular flexibility index (Phi) is 3.85. The number of aliphatic hydroxyl groups is 1. The minimum atomic E-state index is 0.0181. The Morgan fingerprint density at radius 3 is 2.83 bits per heavy atom. The molecule has 1 fully saturated rings. The molecule has 4 heteroatoms. The van der Waals surface area contributed by atoms with Gasteiger partial charge in [-0.2, -0.15) is 0 Å². The Bertz CT molecular complexity index is 434. The first kappa shape index (κ1) is 13.7. The van der Waals surface area contributed by atoms with Gasteiger partial charge in [-0.3, -0.25) is 0 Å². The standard InChI is InChI=1S/C14H21ClN2O/c1-10-4-5-12(6-13(10)15)17-7-11(8-18)16-9-14(17,2)3/h4-6,11,16,18H,7-9H2,1-3H3. The summed E-state index contributed by atoms with van der Waals surface area (Å²) in [6.45, 7) is 8.20. The molecule has 0 saturated carbocycles. The largest absolute Gasteiger partial charge is 0.395 e. The normalized spacial score (nSPS) is 23.2. The Morgan fingerprint density at radius 2 is 2.22 bits per heavy atom. The van der Waals surface area contributed by atoms with E-state index in [-0.39, 0.29) is 18.2 Å². The van der Waals surface area contributed by atoms with Crippen LogP contribution < -0.4 is 10.2 Å². The van der Waals surface area contributed by atoms with Gasteiger partial charge < -0.3 is 15.3 Å². The van der Waals surface area contributed by atoms with E-state index in [1.54, 1.807) is 0 Å². The van der Waals surface area contributed by atoms with Crippen molar-refractivity contribution in [1.82, 2.24) is 5.32 Å². The highest BCUT2D eigenvalue weighted by atomic mass is 35.5. The number of nitrogens with one attached hydrogen (secondary N) is 1. The van der Waals surface area contributed by atoms with E-state index in [1.165, 1.54) is 0 Å². The number of rotatable bonds is 2. The Morgan fingerprint density at radius 1 is 1.50 bits per heavy atom. The smallest absolute Gasteiger partial charge is 0.0601 e. The third-order valence-electron chi connectivity index (χ3n) is 3.64. The molecule has 1 aromatic carbocycles. The molecule has 0 amide bonds. The molecular weight excluding hydrogens is 248 g/mol. The van der Waals surface area contributed by atoms with Gasteiger partial charge in [0.1, 0.15) is 0 Å². The molecule has 1 heterocycles. The molecule has 1 saturated heterocycles. The summed E-state index contributed by atoms with van der Waals surface area (Å²) in [5.41, 5.74) is 2.23. The molecule has 1 unspecified atom stereocenters. The topological polar surface area (TPSA) is 35.5 Å². The summed E-state index contributed by atoms with van der Waals surface area (Å²) >= 11 is 6.20. The summed E-state index contributed by atoms with van der Waals surface area (Å²) < 4.78 is 0. The van der Waals surface area contributed by atoms with Crippen LogP contribution in [0.5, 0.6) is 0 Å². The molecule has 2 rings (SSSR count). The summed E-state index contributed by atoms with van der Waals surface area (Å²) in [6, 6.07) is 6.28. The molecule has 1 aromatic rings. The first-order valence-corrected chi connectivity index (χ1v) is 6.70. The third kappa shape index (κ3) is 2.63. The lowest BCUT2D eigenvalue weighted by atomic mass is 9.96. The SMILES string of the molecule is Cc1ccc(N2CC(CO)NCC2(C)C)cc1Cl. The number of halogens is 1. The maximum Gasteiger partial charge on any atom is 0.0601 e. The highest BCUT2D eigenvalue weighted by Crippen LogP contribution is 2.30. The summed E-state index contributed by atoms with van der Waals surface area (Å²) in [7, 11) is 0. The Labute approximate surface area is 114 Å². The van der Waals surface area contributed by atoms with Crippen molar-refractivity contribution in [2.24, 2.45) is 0 Å². The van der Waals surface area contributed by atoms with Gasteiger partial charge >= 0.3 is 0 Å². The number of nitrogens with zero attached hydrogens (tertiary/aromatic N) is 1. The predicted molar refractivity (Wildman–Crippen MR) is 76.5 cm³/mol. The number of hydrogen-bond donors (Lipinski definition) is 2. The summed E-state index contributed by atoms with van der Waals surface area (Å²) in [4.78, 5) is 2.32. The number of aliphatic hydroxyl groups excluding tert-OH is 1. The number of aryl methyl sites for hydroxylation is 1. The number of benzene rings is 1. The summed E-state index contributed by atoms with van der Waals surface area (Å²) in [6.07, 6.45) is 0. The van der Waals surface area contributed by atoms with E-state index < -0.39 is 0 Å². The monoisotopic (exact) mass is 268 g/mol. The van der Waals surface area contributed by atoms with Crippen molar-refractivity contribution in [1.29, 1.82) is 0 Å². The fourth-order valence-corrected chi connectivity index (χ4v) is 2.52. The molecule has 0 spiro atoms. The van der Waals surface area contributed by atoms with E-state index in [2.05, 4.69) is 30.1 Å². The Hall–Kier alpha value is -0.770. The molecule has 0 aromatic heterocycles. The Balaban J connectivity index is 2.30. The van der Waals surface area contributed by atoms with Gasteiger partial charge in [0, 0.05) is 35.4 Å². The van der Waals surface area contributed by atoms with Crippen LogP contribution in [0.3, 0.4) is 0 Å². The molecule has 1 atom stereocenters. The van der Waals surface area contributed by atoms with Crippen molar-refractivity contribution in [3.05, 3.63) is 28.8 Å². The second-order valence-electron chi connectivity index (χ2n) is 5.62. The van der Waals surface area contributed by atoms with Crippen molar-refractivity contribution < 1.29 is 5.11 Å². The molecule has 0 bridgehead atoms. The van der Waals surface area contributed by atoms with Gasteiger partial charge in [-0.25, -0.2) is 0 Å². The van der Waals surface area contributed by atoms with Crippen LogP contribution in [0.1, 0.15) is 19.4 Å². The second-order valence-corrected chi connectivity index (χ2v) is 6.02. The van der Waals surface area contributed by atoms with Crippen LogP contribution in [0.15, 0.2) is 18.2 Å². The van der Waals surface area contributed by atoms with E-state index in [9.17, 15) is 5.11 Å². The van der Waals surface area contributed by atoms with Gasteiger partial charge in [0.15, 0.2) is 0 Å². The first-order valence-electron chi connectivity index (χ1n) is 6.32. The average molecular weight is 269 g/mol. The van der Waals surface area contributed by atoms with E-state index in [4.69, 9.17) is 11.6 Å². The lowest BCUT2D eigenvalue weighted by Gasteiger charge is -2.47. The zero-order chi connectivity index (χ0) is 13.3. The molecule has 1 aliphatic heterocycles. The average Bonchev–Trinajstić information content (AvgIpc) is 2.33. The maximum atomic E-state index is 9.31. The lowest BCUT2D eigenvalue weighted by molar-refractivity contribution is 0.210. The van der Waals surface area contributed by atoms with Gasteiger partial charge in [-0.1, -0.05) is 17.7 Å². The fraction of sp³-hybridized carbons (Fsp3) is 0.571. The first-order chi connectivity index (χ1) is 8.44. The van der Waals surface area contributed by atoms with Crippen molar-refractivity contribution in [3.8, 4) is 0 Å². The molecule has 18 heavy (non-hydrogen) atoms. The van der Waals surface area contributed by atoms with Crippen LogP contribution in [0.4, 0.5) is 5.69 Å². The van der Waals surface area contributed by atoms with Crippen LogP contribution in [-0.2, 0) is 0 Å². The van der Waals surface area contributed by atoms with Crippen LogP contribution in [-0.4, -0.2) is 36.4 Å². The third-order valence-corrected chi connectivity index (χ3v) is 4.05. The molecule has 100 valence electrons. The zero-order valence-electron chi connectivity index (χ0n) is 11.2. The van der Waals surface area contributed by atoms with Crippen LogP contribution in [0, 0.1) is 6.92 Å². The lowest BCUT2D eigenvalue weighted by Crippen LogP contribution is -2.63. The number of piperazine rings is 1. The quantitative estimate of drug-likeness (QED) is 0.863. The number of anilines is 1. The minimum Gasteiger partial charge on any atom is -0.395 e. The van der Waals surface area contributed by atoms with Crippen molar-refractivity contribution in [2.45, 2.75) is 32.4 Å². The van der Waals surface area contributed by atoms with Gasteiger partial charge in [0.25, 0.3) is 0 Å². The maximum absolute atomic E-state index is 9.31. The molecule has 0 radical (unpaired) electrons. The molecule has 2 N–H and O–H groups in total. The van der Waals surface area contributed by atoms with Gasteiger partial charge in [-0.05, 0) is 38.5 Å². The van der Waals surface area contributed by atoms with Crippen molar-refractivity contribution in [3.63, 3.8) is 0 Å². The molecular formula is C14H21ClN2O. The molecule has 1 aliphatic rings. The van der Waals surface area contributed by atoms with Crippen LogP contribution in [0.2, 0.25) is 5.02 Å². The van der Waals surface area contributed by atoms with E-state index in [0.717, 1.165) is 29.4 Å². The minimum absolute atomic E-state index is 0.0181. The van der Waals surface area contributed by atoms with Gasteiger partial charge in [0.2, 0.25) is 0 Å². The highest BCUT2D eigenvalue weighted by Gasteiger charge is 2.33. The van der Waals surface area contributed by atoms with Crippen molar-refractivity contribution >= 4 is 17.3 Å². The van der Waals surface area contributed by atoms with Crippen LogP contribution >= 0.6 is 11.6 Å². The van der Waals surface area contributed by atoms with E-state index in [0.29, 0.717) is 0 Å². The van der Waals surface area contributed by atoms with E-state index in [1.807, 2.05) is 19.1 Å². The molecule has 0 aliphatic carbocycles. The highest BCUT2D eigenvalue weighted by molar-refractivity contribution is 6.31. The predicted octanol–water partition coefficient (Wildman–Crippen LogP) is 2.20.